The van der Waals surface area contributed by atoms with Gasteiger partial charge in [-0.05, 0) is 29.3 Å². The summed E-state index contributed by atoms with van der Waals surface area (Å²) in [7, 11) is 3.74. The van der Waals surface area contributed by atoms with Crippen molar-refractivity contribution in [2.24, 2.45) is 0 Å². The van der Waals surface area contributed by atoms with E-state index in [4.69, 9.17) is 4.74 Å². The minimum Gasteiger partial charge on any atom is -0.496 e. The second-order valence-corrected chi connectivity index (χ2v) is 6.13. The Kier molecular flexibility index (Phi) is 3.69. The van der Waals surface area contributed by atoms with Crippen LogP contribution in [-0.4, -0.2) is 30.7 Å². The van der Waals surface area contributed by atoms with E-state index in [1.165, 1.54) is 0 Å². The molecule has 0 saturated carbocycles. The Hall–Kier alpha value is -3.21. The SMILES string of the molecule is COc1ccccc1-c1c[nH]c2c1C=C(c1ccc(=O)[nH]c1)CN2C. The number of hydrogen-bond donors (Lipinski definition) is 2. The van der Waals surface area contributed by atoms with Gasteiger partial charge in [0, 0.05) is 48.7 Å². The molecule has 0 atom stereocenters. The molecule has 0 saturated heterocycles. The predicted octanol–water partition coefficient (Wildman–Crippen LogP) is 3.37. The van der Waals surface area contributed by atoms with Crippen molar-refractivity contribution in [2.45, 2.75) is 0 Å². The average Bonchev–Trinajstić information content (AvgIpc) is 3.06. The Morgan fingerprint density at radius 1 is 1.04 bits per heavy atom. The highest BCUT2D eigenvalue weighted by molar-refractivity contribution is 5.96. The molecule has 5 heteroatoms. The Bertz CT molecular complexity index is 993. The molecule has 1 aromatic carbocycles. The lowest BCUT2D eigenvalue weighted by Gasteiger charge is -2.26. The van der Waals surface area contributed by atoms with Crippen molar-refractivity contribution in [3.63, 3.8) is 0 Å². The molecule has 1 aliphatic heterocycles. The van der Waals surface area contributed by atoms with Crippen LogP contribution in [0.2, 0.25) is 0 Å². The fourth-order valence-corrected chi connectivity index (χ4v) is 3.31. The van der Waals surface area contributed by atoms with Crippen LogP contribution in [0.25, 0.3) is 22.8 Å². The first-order valence-electron chi connectivity index (χ1n) is 8.13. The number of aromatic amines is 2. The lowest BCUT2D eigenvalue weighted by molar-refractivity contribution is 0.416. The molecule has 0 radical (unpaired) electrons. The van der Waals surface area contributed by atoms with Gasteiger partial charge in [0.15, 0.2) is 0 Å². The number of H-pyrrole nitrogens is 2. The Morgan fingerprint density at radius 3 is 2.64 bits per heavy atom. The standard InChI is InChI=1S/C20H19N3O2/c1-23-12-14(13-7-8-19(24)21-10-13)9-16-17(11-22-20(16)23)15-5-3-4-6-18(15)25-2/h3-11,22H,12H2,1-2H3,(H,21,24). The molecule has 2 aromatic heterocycles. The van der Waals surface area contributed by atoms with E-state index in [0.717, 1.165) is 45.9 Å². The number of rotatable bonds is 3. The van der Waals surface area contributed by atoms with E-state index in [1.54, 1.807) is 19.4 Å². The van der Waals surface area contributed by atoms with Gasteiger partial charge in [-0.3, -0.25) is 4.79 Å². The third-order valence-corrected chi connectivity index (χ3v) is 4.56. The van der Waals surface area contributed by atoms with Gasteiger partial charge in [-0.1, -0.05) is 18.2 Å². The normalized spacial score (nSPS) is 13.4. The molecule has 0 fully saturated rings. The lowest BCUT2D eigenvalue weighted by atomic mass is 9.96. The van der Waals surface area contributed by atoms with E-state index in [9.17, 15) is 4.79 Å². The monoisotopic (exact) mass is 333 g/mol. The fourth-order valence-electron chi connectivity index (χ4n) is 3.31. The smallest absolute Gasteiger partial charge is 0.247 e. The third kappa shape index (κ3) is 2.63. The molecule has 2 N–H and O–H groups in total. The zero-order valence-corrected chi connectivity index (χ0v) is 14.2. The minimum atomic E-state index is -0.0921. The fraction of sp³-hybridized carbons (Fsp3) is 0.150. The van der Waals surface area contributed by atoms with Gasteiger partial charge in [0.25, 0.3) is 0 Å². The molecule has 3 aromatic rings. The van der Waals surface area contributed by atoms with Crippen LogP contribution in [0.5, 0.6) is 5.75 Å². The van der Waals surface area contributed by atoms with Crippen molar-refractivity contribution in [1.29, 1.82) is 0 Å². The van der Waals surface area contributed by atoms with Crippen LogP contribution >= 0.6 is 0 Å². The van der Waals surface area contributed by atoms with Crippen LogP contribution in [0.1, 0.15) is 11.1 Å². The molecule has 0 spiro atoms. The van der Waals surface area contributed by atoms with Crippen LogP contribution in [0.4, 0.5) is 5.82 Å². The number of nitrogens with one attached hydrogen (secondary N) is 2. The van der Waals surface area contributed by atoms with Crippen LogP contribution in [0.15, 0.2) is 53.6 Å². The molecule has 3 heterocycles. The van der Waals surface area contributed by atoms with Gasteiger partial charge in [0.2, 0.25) is 5.56 Å². The van der Waals surface area contributed by atoms with Crippen molar-refractivity contribution in [1.82, 2.24) is 9.97 Å². The molecule has 1 aliphatic rings. The van der Waals surface area contributed by atoms with E-state index in [-0.39, 0.29) is 5.56 Å². The number of methoxy groups -OCH3 is 1. The van der Waals surface area contributed by atoms with Crippen molar-refractivity contribution in [2.75, 3.05) is 25.6 Å². The van der Waals surface area contributed by atoms with Gasteiger partial charge >= 0.3 is 0 Å². The van der Waals surface area contributed by atoms with Crippen molar-refractivity contribution >= 4 is 17.5 Å². The van der Waals surface area contributed by atoms with Crippen LogP contribution in [0, 0.1) is 0 Å². The quantitative estimate of drug-likeness (QED) is 0.772. The highest BCUT2D eigenvalue weighted by Gasteiger charge is 2.22. The molecule has 0 bridgehead atoms. The molecule has 0 unspecified atom stereocenters. The largest absolute Gasteiger partial charge is 0.496 e. The van der Waals surface area contributed by atoms with Crippen LogP contribution < -0.4 is 15.2 Å². The molecular formula is C20H19N3O2. The number of nitrogens with zero attached hydrogens (tertiary/aromatic N) is 1. The van der Waals surface area contributed by atoms with Gasteiger partial charge in [0.1, 0.15) is 11.6 Å². The predicted molar refractivity (Wildman–Crippen MR) is 101 cm³/mol. The first-order valence-corrected chi connectivity index (χ1v) is 8.13. The molecular weight excluding hydrogens is 314 g/mol. The number of ether oxygens (including phenoxy) is 1. The third-order valence-electron chi connectivity index (χ3n) is 4.56. The number of hydrogen-bond acceptors (Lipinski definition) is 3. The van der Waals surface area contributed by atoms with Gasteiger partial charge in [-0.2, -0.15) is 0 Å². The number of pyridine rings is 1. The number of para-hydroxylation sites is 1. The second-order valence-electron chi connectivity index (χ2n) is 6.13. The Balaban J connectivity index is 1.86. The van der Waals surface area contributed by atoms with Gasteiger partial charge in [0.05, 0.1) is 7.11 Å². The number of benzene rings is 1. The summed E-state index contributed by atoms with van der Waals surface area (Å²) in [6.07, 6.45) is 5.97. The van der Waals surface area contributed by atoms with E-state index in [0.29, 0.717) is 0 Å². The maximum Gasteiger partial charge on any atom is 0.247 e. The summed E-state index contributed by atoms with van der Waals surface area (Å²) in [4.78, 5) is 19.6. The summed E-state index contributed by atoms with van der Waals surface area (Å²) in [5, 5.41) is 0. The zero-order valence-electron chi connectivity index (χ0n) is 14.2. The van der Waals surface area contributed by atoms with Gasteiger partial charge < -0.3 is 19.6 Å². The van der Waals surface area contributed by atoms with E-state index in [1.807, 2.05) is 30.5 Å². The second kappa shape index (κ2) is 6.02. The molecule has 5 nitrogen and oxygen atoms in total. The van der Waals surface area contributed by atoms with Gasteiger partial charge in [-0.25, -0.2) is 0 Å². The van der Waals surface area contributed by atoms with E-state index in [2.05, 4.69) is 34.1 Å². The topological polar surface area (TPSA) is 61.1 Å². The molecule has 0 aliphatic carbocycles. The van der Waals surface area contributed by atoms with Crippen molar-refractivity contribution in [3.05, 3.63) is 70.3 Å². The zero-order chi connectivity index (χ0) is 17.4. The molecule has 126 valence electrons. The number of anilines is 1. The molecule has 0 amide bonds. The number of fused-ring (bicyclic) bond motifs is 1. The van der Waals surface area contributed by atoms with Gasteiger partial charge in [-0.15, -0.1) is 0 Å². The summed E-state index contributed by atoms with van der Waals surface area (Å²) >= 11 is 0. The Morgan fingerprint density at radius 2 is 1.88 bits per heavy atom. The summed E-state index contributed by atoms with van der Waals surface area (Å²) in [5.41, 5.74) is 5.35. The highest BCUT2D eigenvalue weighted by Crippen LogP contribution is 2.40. The highest BCUT2D eigenvalue weighted by atomic mass is 16.5. The summed E-state index contributed by atoms with van der Waals surface area (Å²) < 4.78 is 5.52. The Labute approximate surface area is 145 Å². The first kappa shape index (κ1) is 15.3. The number of likely N-dealkylation sites (N-methyl/N-ethyl adjacent to an activating group) is 1. The average molecular weight is 333 g/mol. The molecule has 4 rings (SSSR count). The minimum absolute atomic E-state index is 0.0921. The lowest BCUT2D eigenvalue weighted by Crippen LogP contribution is -2.23. The maximum atomic E-state index is 11.3. The van der Waals surface area contributed by atoms with E-state index < -0.39 is 0 Å². The maximum absolute atomic E-state index is 11.3. The number of aromatic nitrogens is 2. The van der Waals surface area contributed by atoms with E-state index >= 15 is 0 Å². The first-order chi connectivity index (χ1) is 12.2. The summed E-state index contributed by atoms with van der Waals surface area (Å²) in [6, 6.07) is 11.4. The van der Waals surface area contributed by atoms with Crippen molar-refractivity contribution < 1.29 is 4.74 Å². The molecule has 25 heavy (non-hydrogen) atoms. The summed E-state index contributed by atoms with van der Waals surface area (Å²) in [5.74, 6) is 1.92. The van der Waals surface area contributed by atoms with Crippen LogP contribution in [-0.2, 0) is 0 Å². The van der Waals surface area contributed by atoms with Crippen molar-refractivity contribution in [3.8, 4) is 16.9 Å². The van der Waals surface area contributed by atoms with Crippen LogP contribution in [0.3, 0.4) is 0 Å². The summed E-state index contributed by atoms with van der Waals surface area (Å²) in [6.45, 7) is 0.769.